The zero-order valence-electron chi connectivity index (χ0n) is 17.9. The van der Waals surface area contributed by atoms with Crippen LogP contribution in [-0.4, -0.2) is 36.5 Å². The molecule has 4 aliphatic carbocycles. The van der Waals surface area contributed by atoms with E-state index >= 15 is 0 Å². The number of carbonyl (C=O) groups is 3. The number of benzene rings is 1. The second kappa shape index (κ2) is 7.84. The lowest BCUT2D eigenvalue weighted by Crippen LogP contribution is -2.56. The van der Waals surface area contributed by atoms with E-state index in [-0.39, 0.29) is 30.4 Å². The Hall–Kier alpha value is -2.57. The van der Waals surface area contributed by atoms with Crippen LogP contribution in [0, 0.1) is 23.2 Å². The maximum Gasteiger partial charge on any atom is 0.310 e. The molecule has 0 aromatic heterocycles. The smallest absolute Gasteiger partial charge is 0.310 e. The molecule has 0 unspecified atom stereocenters. The van der Waals surface area contributed by atoms with Gasteiger partial charge >= 0.3 is 5.97 Å². The maximum atomic E-state index is 12.5. The molecule has 166 valence electrons. The van der Waals surface area contributed by atoms with E-state index in [0.717, 1.165) is 17.8 Å². The fraction of sp³-hybridized carbons (Fsp3) is 0.625. The van der Waals surface area contributed by atoms with Crippen molar-refractivity contribution >= 4 is 23.5 Å². The average molecular weight is 427 g/mol. The van der Waals surface area contributed by atoms with E-state index in [4.69, 9.17) is 9.47 Å². The Kier molecular flexibility index (Phi) is 5.15. The molecule has 2 atom stereocenters. The molecule has 1 heterocycles. The first-order chi connectivity index (χ1) is 14.9. The van der Waals surface area contributed by atoms with Crippen LogP contribution in [0.2, 0.25) is 0 Å². The molecule has 7 nitrogen and oxygen atoms in total. The first-order valence-corrected chi connectivity index (χ1v) is 11.4. The number of anilines is 1. The predicted molar refractivity (Wildman–Crippen MR) is 113 cm³/mol. The van der Waals surface area contributed by atoms with Gasteiger partial charge in [0.25, 0.3) is 11.8 Å². The summed E-state index contributed by atoms with van der Waals surface area (Å²) in [6, 6.07) is 7.13. The number of hydrogen-bond donors (Lipinski definition) is 2. The third kappa shape index (κ3) is 4.02. The number of rotatable bonds is 6. The Morgan fingerprint density at radius 3 is 2.48 bits per heavy atom. The van der Waals surface area contributed by atoms with Crippen molar-refractivity contribution in [1.82, 2.24) is 5.32 Å². The van der Waals surface area contributed by atoms with Crippen molar-refractivity contribution in [3.63, 3.8) is 0 Å². The number of nitrogens with one attached hydrogen (secondary N) is 2. The molecule has 1 aromatic rings. The second-order valence-corrected chi connectivity index (χ2v) is 10.0. The highest BCUT2D eigenvalue weighted by molar-refractivity contribution is 5.99. The van der Waals surface area contributed by atoms with Gasteiger partial charge < -0.3 is 20.1 Å². The molecular formula is C24H30N2O5. The number of para-hydroxylation sites is 2. The van der Waals surface area contributed by atoms with Crippen molar-refractivity contribution < 1.29 is 23.9 Å². The van der Waals surface area contributed by atoms with Gasteiger partial charge in [-0.3, -0.25) is 14.4 Å². The van der Waals surface area contributed by atoms with Gasteiger partial charge in [0.1, 0.15) is 5.75 Å². The largest absolute Gasteiger partial charge is 0.478 e. The number of ether oxygens (including phenoxy) is 2. The lowest BCUT2D eigenvalue weighted by Gasteiger charge is -2.59. The predicted octanol–water partition coefficient (Wildman–Crippen LogP) is 3.04. The van der Waals surface area contributed by atoms with Gasteiger partial charge in [-0.15, -0.1) is 0 Å². The number of amides is 2. The highest BCUT2D eigenvalue weighted by atomic mass is 16.5. The van der Waals surface area contributed by atoms with Crippen molar-refractivity contribution in [3.8, 4) is 5.75 Å². The number of hydrogen-bond acceptors (Lipinski definition) is 5. The van der Waals surface area contributed by atoms with Crippen molar-refractivity contribution in [1.29, 1.82) is 0 Å². The maximum absolute atomic E-state index is 12.5. The van der Waals surface area contributed by atoms with Crippen LogP contribution < -0.4 is 15.4 Å². The lowest BCUT2D eigenvalue weighted by molar-refractivity contribution is -0.152. The third-order valence-corrected chi connectivity index (χ3v) is 7.80. The Bertz CT molecular complexity index is 862. The molecule has 4 bridgehead atoms. The molecule has 2 amide bonds. The molecule has 5 aliphatic rings. The summed E-state index contributed by atoms with van der Waals surface area (Å²) in [5.41, 5.74) is 0.783. The van der Waals surface area contributed by atoms with Gasteiger partial charge in [0, 0.05) is 6.04 Å². The summed E-state index contributed by atoms with van der Waals surface area (Å²) < 4.78 is 10.8. The average Bonchev–Trinajstić information content (AvgIpc) is 2.72. The third-order valence-electron chi connectivity index (χ3n) is 7.80. The molecule has 0 saturated heterocycles. The first-order valence-electron chi connectivity index (χ1n) is 11.4. The van der Waals surface area contributed by atoms with Crippen molar-refractivity contribution in [2.75, 3.05) is 11.9 Å². The molecular weight excluding hydrogens is 396 g/mol. The van der Waals surface area contributed by atoms with E-state index in [0.29, 0.717) is 11.4 Å². The number of esters is 1. The Labute approximate surface area is 182 Å². The Morgan fingerprint density at radius 1 is 1.16 bits per heavy atom. The minimum atomic E-state index is -0.962. The summed E-state index contributed by atoms with van der Waals surface area (Å²) in [7, 11) is 0. The standard InChI is InChI=1S/C24H30N2O5/c1-14(24-10-15-6-16(11-24)8-17(7-15)12-24)25-21(27)13-30-22(28)9-20-23(29)26-18-4-2-3-5-19(18)31-20/h2-5,14-17,20H,6-13H2,1H3,(H,25,27)(H,26,29)/t14-,15?,16?,17?,20+,24?/m0/s1. The van der Waals surface area contributed by atoms with E-state index in [1.165, 1.54) is 38.5 Å². The minimum absolute atomic E-state index is 0.0797. The Morgan fingerprint density at radius 2 is 1.81 bits per heavy atom. The summed E-state index contributed by atoms with van der Waals surface area (Å²) in [6.45, 7) is 1.77. The zero-order valence-corrected chi connectivity index (χ0v) is 17.9. The van der Waals surface area contributed by atoms with Gasteiger partial charge in [0.05, 0.1) is 12.1 Å². The van der Waals surface area contributed by atoms with Gasteiger partial charge in [-0.2, -0.15) is 0 Å². The topological polar surface area (TPSA) is 93.7 Å². The number of carbonyl (C=O) groups excluding carboxylic acids is 3. The van der Waals surface area contributed by atoms with E-state index < -0.39 is 18.0 Å². The van der Waals surface area contributed by atoms with Crippen LogP contribution in [0.25, 0.3) is 0 Å². The van der Waals surface area contributed by atoms with Crippen molar-refractivity contribution in [2.45, 2.75) is 64.0 Å². The number of fused-ring (bicyclic) bond motifs is 1. The summed E-state index contributed by atoms with van der Waals surface area (Å²) in [5.74, 6) is 1.66. The quantitative estimate of drug-likeness (QED) is 0.682. The molecule has 0 spiro atoms. The molecule has 4 fully saturated rings. The SMILES string of the molecule is C[C@H](NC(=O)COC(=O)C[C@H]1Oc2ccccc2NC1=O)C12CC3CC(CC(C3)C1)C2. The summed E-state index contributed by atoms with van der Waals surface area (Å²) >= 11 is 0. The molecule has 0 radical (unpaired) electrons. The van der Waals surface area contributed by atoms with Crippen LogP contribution in [-0.2, 0) is 19.1 Å². The van der Waals surface area contributed by atoms with Gasteiger partial charge in [0.15, 0.2) is 12.7 Å². The van der Waals surface area contributed by atoms with Gasteiger partial charge in [-0.1, -0.05) is 12.1 Å². The van der Waals surface area contributed by atoms with E-state index in [1.54, 1.807) is 24.3 Å². The molecule has 31 heavy (non-hydrogen) atoms. The van der Waals surface area contributed by atoms with Crippen LogP contribution in [0.1, 0.15) is 51.9 Å². The summed E-state index contributed by atoms with van der Waals surface area (Å²) in [4.78, 5) is 36.8. The lowest BCUT2D eigenvalue weighted by atomic mass is 9.48. The van der Waals surface area contributed by atoms with Gasteiger partial charge in [0.2, 0.25) is 0 Å². The first kappa shape index (κ1) is 20.3. The molecule has 1 aliphatic heterocycles. The van der Waals surface area contributed by atoms with E-state index in [1.807, 2.05) is 0 Å². The van der Waals surface area contributed by atoms with Gasteiger partial charge in [-0.05, 0) is 80.8 Å². The molecule has 1 aromatic carbocycles. The normalized spacial score (nSPS) is 33.6. The minimum Gasteiger partial charge on any atom is -0.478 e. The van der Waals surface area contributed by atoms with Crippen LogP contribution in [0.3, 0.4) is 0 Å². The van der Waals surface area contributed by atoms with E-state index in [9.17, 15) is 14.4 Å². The monoisotopic (exact) mass is 426 g/mol. The van der Waals surface area contributed by atoms with E-state index in [2.05, 4.69) is 17.6 Å². The second-order valence-electron chi connectivity index (χ2n) is 10.0. The molecule has 2 N–H and O–H groups in total. The highest BCUT2D eigenvalue weighted by Gasteiger charge is 2.53. The molecule has 7 heteroatoms. The van der Waals surface area contributed by atoms with Gasteiger partial charge in [-0.25, -0.2) is 0 Å². The fourth-order valence-corrected chi connectivity index (χ4v) is 6.73. The van der Waals surface area contributed by atoms with Crippen LogP contribution in [0.5, 0.6) is 5.75 Å². The Balaban J connectivity index is 1.10. The summed E-state index contributed by atoms with van der Waals surface area (Å²) in [5, 5.41) is 5.81. The highest BCUT2D eigenvalue weighted by Crippen LogP contribution is 2.61. The van der Waals surface area contributed by atoms with Crippen LogP contribution in [0.4, 0.5) is 5.69 Å². The van der Waals surface area contributed by atoms with Crippen LogP contribution >= 0.6 is 0 Å². The van der Waals surface area contributed by atoms with Crippen molar-refractivity contribution in [3.05, 3.63) is 24.3 Å². The molecule has 6 rings (SSSR count). The van der Waals surface area contributed by atoms with Crippen LogP contribution in [0.15, 0.2) is 24.3 Å². The summed E-state index contributed by atoms with van der Waals surface area (Å²) in [6.07, 6.45) is 6.49. The van der Waals surface area contributed by atoms with Crippen molar-refractivity contribution in [2.24, 2.45) is 23.2 Å². The molecule has 4 saturated carbocycles. The fourth-order valence-electron chi connectivity index (χ4n) is 6.73. The zero-order chi connectivity index (χ0) is 21.6.